The van der Waals surface area contributed by atoms with Crippen molar-refractivity contribution in [2.45, 2.75) is 24.8 Å². The minimum absolute atomic E-state index is 0.357. The lowest BCUT2D eigenvalue weighted by molar-refractivity contribution is 0.657. The summed E-state index contributed by atoms with van der Waals surface area (Å²) in [6.07, 6.45) is 0. The number of hydrogen-bond acceptors (Lipinski definition) is 2. The number of hydrogen-bond donors (Lipinski definition) is 1. The number of aryl methyl sites for hydroxylation is 1. The summed E-state index contributed by atoms with van der Waals surface area (Å²) in [6, 6.07) is 14.9. The smallest absolute Gasteiger partial charge is 0.0415 e. The monoisotopic (exact) mass is 305 g/mol. The van der Waals surface area contributed by atoms with Crippen LogP contribution in [0.1, 0.15) is 22.7 Å². The van der Waals surface area contributed by atoms with Crippen LogP contribution in [0.4, 0.5) is 0 Å². The van der Waals surface area contributed by atoms with Crippen LogP contribution in [-0.2, 0) is 0 Å². The van der Waals surface area contributed by atoms with E-state index in [1.54, 1.807) is 0 Å². The third kappa shape index (κ3) is 3.78. The van der Waals surface area contributed by atoms with Crippen molar-refractivity contribution < 1.29 is 0 Å². The number of halogens is 1. The third-order valence-electron chi connectivity index (χ3n) is 3.60. The minimum Gasteiger partial charge on any atom is -0.312 e. The lowest BCUT2D eigenvalue weighted by Crippen LogP contribution is -2.20. The van der Waals surface area contributed by atoms with Crippen molar-refractivity contribution in [3.05, 3.63) is 64.2 Å². The molecule has 2 aromatic carbocycles. The summed E-state index contributed by atoms with van der Waals surface area (Å²) < 4.78 is 0. The summed E-state index contributed by atoms with van der Waals surface area (Å²) in [5.74, 6) is 1.00. The van der Waals surface area contributed by atoms with E-state index in [1.165, 1.54) is 21.6 Å². The first-order chi connectivity index (χ1) is 9.61. The molecule has 1 atom stereocenters. The van der Waals surface area contributed by atoms with Gasteiger partial charge in [0.15, 0.2) is 0 Å². The topological polar surface area (TPSA) is 12.0 Å². The molecule has 0 bridgehead atoms. The highest BCUT2D eigenvalue weighted by Crippen LogP contribution is 2.28. The molecular weight excluding hydrogens is 286 g/mol. The van der Waals surface area contributed by atoms with Crippen molar-refractivity contribution >= 4 is 23.4 Å². The van der Waals surface area contributed by atoms with Gasteiger partial charge in [-0.3, -0.25) is 0 Å². The number of nitrogens with one attached hydrogen (secondary N) is 1. The van der Waals surface area contributed by atoms with Gasteiger partial charge in [0.2, 0.25) is 0 Å². The highest BCUT2D eigenvalue weighted by Gasteiger charge is 2.13. The zero-order valence-electron chi connectivity index (χ0n) is 12.1. The standard InChI is InChI=1S/C17H20ClNS/c1-12-5-4-6-16(13(12)2)17(19-3)11-20-15-9-7-14(18)8-10-15/h4-10,17,19H,11H2,1-3H3. The largest absolute Gasteiger partial charge is 0.312 e. The fraction of sp³-hybridized carbons (Fsp3) is 0.294. The maximum absolute atomic E-state index is 5.91. The number of thioether (sulfide) groups is 1. The summed E-state index contributed by atoms with van der Waals surface area (Å²) in [5.41, 5.74) is 4.11. The summed E-state index contributed by atoms with van der Waals surface area (Å²) in [7, 11) is 2.02. The molecule has 0 saturated heterocycles. The van der Waals surface area contributed by atoms with Crippen LogP contribution in [-0.4, -0.2) is 12.8 Å². The Morgan fingerprint density at radius 2 is 1.80 bits per heavy atom. The predicted molar refractivity (Wildman–Crippen MR) is 89.9 cm³/mol. The van der Waals surface area contributed by atoms with Gasteiger partial charge >= 0.3 is 0 Å². The van der Waals surface area contributed by atoms with Crippen molar-refractivity contribution in [1.82, 2.24) is 5.32 Å². The molecule has 0 spiro atoms. The summed E-state index contributed by atoms with van der Waals surface area (Å²) in [5, 5.41) is 4.21. The van der Waals surface area contributed by atoms with Gasteiger partial charge in [0, 0.05) is 21.7 Å². The molecule has 0 radical (unpaired) electrons. The second-order valence-corrected chi connectivity index (χ2v) is 6.43. The highest BCUT2D eigenvalue weighted by atomic mass is 35.5. The van der Waals surface area contributed by atoms with Crippen molar-refractivity contribution in [2.24, 2.45) is 0 Å². The SMILES string of the molecule is CNC(CSc1ccc(Cl)cc1)c1cccc(C)c1C. The molecule has 1 unspecified atom stereocenters. The van der Waals surface area contributed by atoms with E-state index in [2.05, 4.69) is 49.5 Å². The van der Waals surface area contributed by atoms with Gasteiger partial charge in [0.1, 0.15) is 0 Å². The Morgan fingerprint density at radius 3 is 2.45 bits per heavy atom. The van der Waals surface area contributed by atoms with Gasteiger partial charge in [-0.2, -0.15) is 0 Å². The number of rotatable bonds is 5. The molecule has 0 heterocycles. The Bertz CT molecular complexity index is 566. The van der Waals surface area contributed by atoms with E-state index < -0.39 is 0 Å². The van der Waals surface area contributed by atoms with E-state index in [4.69, 9.17) is 11.6 Å². The molecule has 1 N–H and O–H groups in total. The average molecular weight is 306 g/mol. The quantitative estimate of drug-likeness (QED) is 0.779. The van der Waals surface area contributed by atoms with Gasteiger partial charge in [0.05, 0.1) is 0 Å². The van der Waals surface area contributed by atoms with E-state index in [0.29, 0.717) is 6.04 Å². The fourth-order valence-corrected chi connectivity index (χ4v) is 3.35. The Balaban J connectivity index is 2.09. The van der Waals surface area contributed by atoms with Gasteiger partial charge in [-0.1, -0.05) is 29.8 Å². The molecule has 106 valence electrons. The van der Waals surface area contributed by atoms with Crippen LogP contribution in [0.3, 0.4) is 0 Å². The maximum Gasteiger partial charge on any atom is 0.0415 e. The van der Waals surface area contributed by atoms with Gasteiger partial charge in [0.25, 0.3) is 0 Å². The molecule has 0 aliphatic carbocycles. The molecule has 3 heteroatoms. The Hall–Kier alpha value is -0.960. The molecule has 0 aromatic heterocycles. The lowest BCUT2D eigenvalue weighted by Gasteiger charge is -2.19. The van der Waals surface area contributed by atoms with Crippen LogP contribution in [0.25, 0.3) is 0 Å². The molecule has 2 aromatic rings. The molecule has 0 aliphatic rings. The lowest BCUT2D eigenvalue weighted by atomic mass is 9.98. The summed E-state index contributed by atoms with van der Waals surface area (Å²) in [4.78, 5) is 1.25. The van der Waals surface area contributed by atoms with E-state index in [-0.39, 0.29) is 0 Å². The van der Waals surface area contributed by atoms with Crippen molar-refractivity contribution in [2.75, 3.05) is 12.8 Å². The van der Waals surface area contributed by atoms with Gasteiger partial charge in [-0.05, 0) is 61.9 Å². The Kier molecular flexibility index (Phi) is 5.53. The molecule has 0 fully saturated rings. The average Bonchev–Trinajstić information content (AvgIpc) is 2.45. The third-order valence-corrected chi connectivity index (χ3v) is 4.96. The molecule has 0 aliphatic heterocycles. The molecule has 0 amide bonds. The Labute approximate surface area is 130 Å². The van der Waals surface area contributed by atoms with Crippen LogP contribution in [0.5, 0.6) is 0 Å². The van der Waals surface area contributed by atoms with Gasteiger partial charge < -0.3 is 5.32 Å². The first-order valence-electron chi connectivity index (χ1n) is 6.73. The second-order valence-electron chi connectivity index (χ2n) is 4.90. The van der Waals surface area contributed by atoms with Crippen LogP contribution >= 0.6 is 23.4 Å². The van der Waals surface area contributed by atoms with Crippen molar-refractivity contribution in [3.63, 3.8) is 0 Å². The van der Waals surface area contributed by atoms with E-state index in [0.717, 1.165) is 10.8 Å². The van der Waals surface area contributed by atoms with Crippen LogP contribution in [0, 0.1) is 13.8 Å². The first kappa shape index (κ1) is 15.4. The highest BCUT2D eigenvalue weighted by molar-refractivity contribution is 7.99. The molecule has 2 rings (SSSR count). The fourth-order valence-electron chi connectivity index (χ4n) is 2.19. The van der Waals surface area contributed by atoms with E-state index in [9.17, 15) is 0 Å². The summed E-state index contributed by atoms with van der Waals surface area (Å²) in [6.45, 7) is 4.36. The van der Waals surface area contributed by atoms with E-state index >= 15 is 0 Å². The molecule has 1 nitrogen and oxygen atoms in total. The molecule has 20 heavy (non-hydrogen) atoms. The first-order valence-corrected chi connectivity index (χ1v) is 8.10. The predicted octanol–water partition coefficient (Wildman–Crippen LogP) is 5.01. The summed E-state index contributed by atoms with van der Waals surface area (Å²) >= 11 is 7.76. The van der Waals surface area contributed by atoms with Crippen LogP contribution < -0.4 is 5.32 Å². The number of benzene rings is 2. The Morgan fingerprint density at radius 1 is 1.10 bits per heavy atom. The molecular formula is C17H20ClNS. The van der Waals surface area contributed by atoms with Gasteiger partial charge in [-0.25, -0.2) is 0 Å². The van der Waals surface area contributed by atoms with Crippen molar-refractivity contribution in [1.29, 1.82) is 0 Å². The van der Waals surface area contributed by atoms with Gasteiger partial charge in [-0.15, -0.1) is 11.8 Å². The maximum atomic E-state index is 5.91. The molecule has 0 saturated carbocycles. The van der Waals surface area contributed by atoms with Crippen LogP contribution in [0.2, 0.25) is 5.02 Å². The zero-order valence-corrected chi connectivity index (χ0v) is 13.7. The minimum atomic E-state index is 0.357. The van der Waals surface area contributed by atoms with Crippen molar-refractivity contribution in [3.8, 4) is 0 Å². The second kappa shape index (κ2) is 7.16. The van der Waals surface area contributed by atoms with E-state index in [1.807, 2.05) is 30.9 Å². The zero-order chi connectivity index (χ0) is 14.5. The van der Waals surface area contributed by atoms with Crippen LogP contribution in [0.15, 0.2) is 47.4 Å². The normalized spacial score (nSPS) is 12.4.